The quantitative estimate of drug-likeness (QED) is 0.178. The summed E-state index contributed by atoms with van der Waals surface area (Å²) >= 11 is 0. The number of carbonyl (C=O) groups excluding carboxylic acids is 6. The van der Waals surface area contributed by atoms with Gasteiger partial charge in [0.05, 0.1) is 0 Å². The van der Waals surface area contributed by atoms with E-state index in [9.17, 15) is 28.8 Å². The Morgan fingerprint density at radius 2 is 0.968 bits per heavy atom. The molecule has 0 rings (SSSR count). The lowest BCUT2D eigenvalue weighted by Gasteiger charge is -2.36. The number of quaternary nitrogens is 1. The predicted molar refractivity (Wildman–Crippen MR) is 113 cm³/mol. The zero-order valence-electron chi connectivity index (χ0n) is 18.4. The lowest BCUT2D eigenvalue weighted by molar-refractivity contribution is -0.898. The van der Waals surface area contributed by atoms with Crippen LogP contribution in [0.5, 0.6) is 0 Å². The first-order valence-electron chi connectivity index (χ1n) is 9.92. The fourth-order valence-corrected chi connectivity index (χ4v) is 2.64. The van der Waals surface area contributed by atoms with Crippen LogP contribution in [0, 0.1) is 0 Å². The molecular formula is C20H32N5O6+. The molecule has 0 saturated heterocycles. The Morgan fingerprint density at radius 3 is 1.26 bits per heavy atom. The molecule has 11 heteroatoms. The second-order valence-electron chi connectivity index (χ2n) is 6.83. The van der Waals surface area contributed by atoms with Gasteiger partial charge < -0.3 is 0 Å². The third-order valence-electron chi connectivity index (χ3n) is 4.06. The van der Waals surface area contributed by atoms with E-state index in [0.717, 1.165) is 0 Å². The minimum atomic E-state index is -0.684. The molecule has 11 nitrogen and oxygen atoms in total. The molecule has 4 N–H and O–H groups in total. The summed E-state index contributed by atoms with van der Waals surface area (Å²) in [7, 11) is 0. The van der Waals surface area contributed by atoms with E-state index in [4.69, 9.17) is 0 Å². The van der Waals surface area contributed by atoms with Crippen molar-refractivity contribution in [1.82, 2.24) is 21.7 Å². The summed E-state index contributed by atoms with van der Waals surface area (Å²) in [5.74, 6) is -2.99. The third-order valence-corrected chi connectivity index (χ3v) is 4.06. The van der Waals surface area contributed by atoms with Gasteiger partial charge in [-0.1, -0.05) is 26.0 Å². The summed E-state index contributed by atoms with van der Waals surface area (Å²) in [5.41, 5.74) is 8.77. The van der Waals surface area contributed by atoms with E-state index < -0.39 is 41.2 Å². The van der Waals surface area contributed by atoms with Crippen LogP contribution in [0.3, 0.4) is 0 Å². The molecule has 0 spiro atoms. The average Bonchev–Trinajstić information content (AvgIpc) is 2.70. The van der Waals surface area contributed by atoms with Crippen molar-refractivity contribution >= 4 is 35.2 Å². The fourth-order valence-electron chi connectivity index (χ4n) is 2.64. The Hall–Kier alpha value is -3.34. The second-order valence-corrected chi connectivity index (χ2v) is 6.83. The maximum absolute atomic E-state index is 12.4. The van der Waals surface area contributed by atoms with Crippen molar-refractivity contribution in [2.45, 2.75) is 40.5 Å². The minimum Gasteiger partial charge on any atom is -0.296 e. The van der Waals surface area contributed by atoms with Gasteiger partial charge in [-0.25, -0.2) is 0 Å². The van der Waals surface area contributed by atoms with Crippen molar-refractivity contribution < 1.29 is 33.3 Å². The lowest BCUT2D eigenvalue weighted by Crippen LogP contribution is -2.63. The van der Waals surface area contributed by atoms with Crippen LogP contribution in [-0.2, 0) is 28.8 Å². The van der Waals surface area contributed by atoms with Crippen LogP contribution in [0.4, 0.5) is 0 Å². The third kappa shape index (κ3) is 12.1. The minimum absolute atomic E-state index is 0.152. The van der Waals surface area contributed by atoms with E-state index in [1.54, 1.807) is 27.7 Å². The maximum Gasteiger partial charge on any atom is 0.293 e. The maximum atomic E-state index is 12.4. The summed E-state index contributed by atoms with van der Waals surface area (Å²) in [6.45, 7) is 5.21. The largest absolute Gasteiger partial charge is 0.296 e. The monoisotopic (exact) mass is 438 g/mol. The van der Waals surface area contributed by atoms with E-state index >= 15 is 0 Å². The van der Waals surface area contributed by atoms with E-state index in [0.29, 0.717) is 0 Å². The number of Topliss-reactive ketones (excluding diaryl/α,β-unsaturated/α-hetero) is 2. The molecule has 0 atom stereocenters. The number of hydrazine groups is 2. The van der Waals surface area contributed by atoms with Gasteiger partial charge in [-0.2, -0.15) is 0 Å². The van der Waals surface area contributed by atoms with Crippen molar-refractivity contribution in [3.8, 4) is 0 Å². The molecule has 0 aromatic heterocycles. The Balaban J connectivity index is 5.59. The standard InChI is InChI=1S/C20H31N5O6/c1-5-9-17(28)21-23-19(30)13-25(11-15(26)7-3,12-16(27)8-4)14-20(31)24-22-18(29)10-6-2/h5-6,9-10H,7-8,11-14H2,1-4H3,(H3-,21,22,23,24,28,29,30,31)/p+1. The zero-order valence-corrected chi connectivity index (χ0v) is 18.4. The normalized spacial score (nSPS) is 11.2. The van der Waals surface area contributed by atoms with Crippen molar-refractivity contribution in [2.75, 3.05) is 26.2 Å². The molecule has 31 heavy (non-hydrogen) atoms. The fraction of sp³-hybridized carbons (Fsp3) is 0.500. The molecule has 0 heterocycles. The van der Waals surface area contributed by atoms with Gasteiger partial charge in [-0.05, 0) is 13.8 Å². The smallest absolute Gasteiger partial charge is 0.293 e. The van der Waals surface area contributed by atoms with Gasteiger partial charge in [0.25, 0.3) is 23.6 Å². The highest BCUT2D eigenvalue weighted by atomic mass is 16.2. The summed E-state index contributed by atoms with van der Waals surface area (Å²) in [4.78, 5) is 72.3. The Kier molecular flexibility index (Phi) is 13.0. The van der Waals surface area contributed by atoms with Gasteiger partial charge in [0.2, 0.25) is 0 Å². The Morgan fingerprint density at radius 1 is 0.613 bits per heavy atom. The number of allylic oxidation sites excluding steroid dienone is 2. The lowest BCUT2D eigenvalue weighted by atomic mass is 10.1. The molecule has 0 saturated carbocycles. The molecule has 4 amide bonds. The number of nitrogens with zero attached hydrogens (tertiary/aromatic N) is 1. The van der Waals surface area contributed by atoms with Crippen molar-refractivity contribution in [1.29, 1.82) is 0 Å². The summed E-state index contributed by atoms with van der Waals surface area (Å²) in [6.07, 6.45) is 5.66. The summed E-state index contributed by atoms with van der Waals surface area (Å²) in [5, 5.41) is 0. The molecule has 0 aromatic rings. The zero-order chi connectivity index (χ0) is 23.9. The van der Waals surface area contributed by atoms with Gasteiger partial charge in [0, 0.05) is 25.0 Å². The highest BCUT2D eigenvalue weighted by Gasteiger charge is 2.37. The van der Waals surface area contributed by atoms with Crippen LogP contribution in [0.25, 0.3) is 0 Å². The van der Waals surface area contributed by atoms with Gasteiger partial charge >= 0.3 is 0 Å². The highest BCUT2D eigenvalue weighted by Crippen LogP contribution is 2.10. The van der Waals surface area contributed by atoms with Gasteiger partial charge in [-0.15, -0.1) is 0 Å². The molecule has 0 bridgehead atoms. The Labute approximate surface area is 181 Å². The number of hydrogen-bond donors (Lipinski definition) is 4. The van der Waals surface area contributed by atoms with Crippen LogP contribution >= 0.6 is 0 Å². The molecule has 0 unspecified atom stereocenters. The first-order valence-corrected chi connectivity index (χ1v) is 9.92. The molecule has 172 valence electrons. The number of hydrogen-bond acceptors (Lipinski definition) is 6. The number of nitrogens with one attached hydrogen (secondary N) is 4. The SMILES string of the molecule is CC=CC(=O)NNC(=O)C[N+](CC(=O)CC)(CC(=O)CC)CC(=O)NNC(=O)C=CC. The van der Waals surface area contributed by atoms with Crippen LogP contribution in [-0.4, -0.2) is 65.9 Å². The van der Waals surface area contributed by atoms with Gasteiger partial charge in [0.15, 0.2) is 24.7 Å². The first-order chi connectivity index (χ1) is 14.6. The highest BCUT2D eigenvalue weighted by molar-refractivity contribution is 5.91. The number of rotatable bonds is 12. The van der Waals surface area contributed by atoms with Gasteiger partial charge in [0.1, 0.15) is 13.1 Å². The summed E-state index contributed by atoms with van der Waals surface area (Å²) in [6, 6.07) is 0. The van der Waals surface area contributed by atoms with Crippen molar-refractivity contribution in [3.05, 3.63) is 24.3 Å². The molecule has 0 radical (unpaired) electrons. The molecular weight excluding hydrogens is 406 g/mol. The number of carbonyl (C=O) groups is 6. The van der Waals surface area contributed by atoms with Crippen molar-refractivity contribution in [2.24, 2.45) is 0 Å². The van der Waals surface area contributed by atoms with Crippen LogP contribution in [0.2, 0.25) is 0 Å². The van der Waals surface area contributed by atoms with E-state index in [1.165, 1.54) is 24.3 Å². The van der Waals surface area contributed by atoms with Crippen LogP contribution in [0.1, 0.15) is 40.5 Å². The average molecular weight is 439 g/mol. The summed E-state index contributed by atoms with van der Waals surface area (Å²) < 4.78 is -0.476. The molecule has 0 aliphatic carbocycles. The topological polar surface area (TPSA) is 151 Å². The van der Waals surface area contributed by atoms with Crippen LogP contribution < -0.4 is 21.7 Å². The molecule has 0 aromatic carbocycles. The van der Waals surface area contributed by atoms with E-state index in [2.05, 4.69) is 21.7 Å². The predicted octanol–water partition coefficient (Wildman–Crippen LogP) is -0.792. The first kappa shape index (κ1) is 27.7. The van der Waals surface area contributed by atoms with Gasteiger partial charge in [-0.3, -0.25) is 55.0 Å². The van der Waals surface area contributed by atoms with Crippen molar-refractivity contribution in [3.63, 3.8) is 0 Å². The molecule has 0 aliphatic rings. The Bertz CT molecular complexity index is 682. The number of ketones is 2. The van der Waals surface area contributed by atoms with E-state index in [1.807, 2.05) is 0 Å². The van der Waals surface area contributed by atoms with Crippen LogP contribution in [0.15, 0.2) is 24.3 Å². The van der Waals surface area contributed by atoms with E-state index in [-0.39, 0.29) is 37.5 Å². The molecule has 0 fully saturated rings. The molecule has 0 aliphatic heterocycles. The number of amides is 4. The second kappa shape index (κ2) is 14.6.